The van der Waals surface area contributed by atoms with Gasteiger partial charge >= 0.3 is 6.03 Å². The van der Waals surface area contributed by atoms with Crippen LogP contribution in [0.3, 0.4) is 0 Å². The van der Waals surface area contributed by atoms with E-state index >= 15 is 0 Å². The van der Waals surface area contributed by atoms with Crippen LogP contribution in [0.2, 0.25) is 0 Å². The zero-order valence-electron chi connectivity index (χ0n) is 18.2. The smallest absolute Gasteiger partial charge is 0.333 e. The molecule has 1 aromatic carbocycles. The van der Waals surface area contributed by atoms with Gasteiger partial charge in [-0.25, -0.2) is 9.69 Å². The van der Waals surface area contributed by atoms with E-state index in [0.29, 0.717) is 29.2 Å². The number of nitrogens with zero attached hydrogens (tertiary/aromatic N) is 1. The molecule has 6 nitrogen and oxygen atoms in total. The molecule has 3 rings (SSSR count). The topological polar surface area (TPSA) is 79.6 Å². The Kier molecular flexibility index (Phi) is 6.70. The van der Waals surface area contributed by atoms with Crippen LogP contribution in [0.25, 0.3) is 17.4 Å². The van der Waals surface area contributed by atoms with Crippen LogP contribution in [0.4, 0.5) is 4.79 Å². The Morgan fingerprint density at radius 1 is 1.13 bits per heavy atom. The zero-order chi connectivity index (χ0) is 22.5. The van der Waals surface area contributed by atoms with E-state index in [9.17, 15) is 14.4 Å². The first-order chi connectivity index (χ1) is 14.8. The molecule has 3 amide bonds. The number of benzene rings is 1. The fraction of sp³-hybridized carbons (Fsp3) is 0.240. The Hall–Kier alpha value is -3.67. The Labute approximate surface area is 181 Å². The van der Waals surface area contributed by atoms with Gasteiger partial charge in [-0.15, -0.1) is 0 Å². The minimum Gasteiger partial charge on any atom is -0.457 e. The molecule has 160 valence electrons. The minimum atomic E-state index is -0.487. The molecule has 0 spiro atoms. The highest BCUT2D eigenvalue weighted by Crippen LogP contribution is 2.28. The highest BCUT2D eigenvalue weighted by Gasteiger charge is 2.35. The highest BCUT2D eigenvalue weighted by molar-refractivity contribution is 6.15. The molecule has 1 aromatic heterocycles. The molecule has 0 bridgehead atoms. The molecule has 1 aliphatic heterocycles. The number of rotatable bonds is 7. The van der Waals surface area contributed by atoms with Gasteiger partial charge in [-0.3, -0.25) is 9.59 Å². The number of ketones is 1. The second-order valence-corrected chi connectivity index (χ2v) is 7.26. The van der Waals surface area contributed by atoms with Crippen molar-refractivity contribution in [2.75, 3.05) is 0 Å². The van der Waals surface area contributed by atoms with Crippen LogP contribution in [0.1, 0.15) is 55.3 Å². The first kappa shape index (κ1) is 22.0. The van der Waals surface area contributed by atoms with Crippen LogP contribution in [0.5, 0.6) is 0 Å². The summed E-state index contributed by atoms with van der Waals surface area (Å²) in [6.45, 7) is 7.37. The normalized spacial score (nSPS) is 15.9. The molecule has 0 atom stereocenters. The van der Waals surface area contributed by atoms with Crippen molar-refractivity contribution in [2.24, 2.45) is 0 Å². The third kappa shape index (κ3) is 4.74. The monoisotopic (exact) mass is 418 g/mol. The van der Waals surface area contributed by atoms with Crippen molar-refractivity contribution < 1.29 is 18.8 Å². The Morgan fingerprint density at radius 3 is 2.55 bits per heavy atom. The van der Waals surface area contributed by atoms with Crippen molar-refractivity contribution in [1.29, 1.82) is 0 Å². The lowest BCUT2D eigenvalue weighted by atomic mass is 10.0. The summed E-state index contributed by atoms with van der Waals surface area (Å²) in [6.07, 6.45) is 8.55. The molecule has 0 unspecified atom stereocenters. The van der Waals surface area contributed by atoms with Crippen molar-refractivity contribution in [1.82, 2.24) is 10.2 Å². The zero-order valence-corrected chi connectivity index (χ0v) is 18.2. The first-order valence-corrected chi connectivity index (χ1v) is 10.3. The fourth-order valence-corrected chi connectivity index (χ4v) is 3.33. The van der Waals surface area contributed by atoms with Gasteiger partial charge < -0.3 is 9.73 Å². The lowest BCUT2D eigenvalue weighted by Gasteiger charge is -2.13. The molecule has 0 saturated carbocycles. The van der Waals surface area contributed by atoms with Crippen LogP contribution >= 0.6 is 0 Å². The van der Waals surface area contributed by atoms with E-state index in [1.165, 1.54) is 13.0 Å². The van der Waals surface area contributed by atoms with Gasteiger partial charge in [0, 0.05) is 22.9 Å². The van der Waals surface area contributed by atoms with E-state index in [4.69, 9.17) is 4.42 Å². The molecule has 2 heterocycles. The molecular formula is C25H26N2O4. The molecule has 2 aromatic rings. The molecular weight excluding hydrogens is 392 g/mol. The number of furan rings is 1. The number of nitrogens with one attached hydrogen (secondary N) is 1. The van der Waals surface area contributed by atoms with Crippen molar-refractivity contribution in [3.05, 3.63) is 76.8 Å². The van der Waals surface area contributed by atoms with Crippen molar-refractivity contribution in [2.45, 2.75) is 40.5 Å². The lowest BCUT2D eigenvalue weighted by Crippen LogP contribution is -2.29. The summed E-state index contributed by atoms with van der Waals surface area (Å²) in [7, 11) is 0. The third-order valence-corrected chi connectivity index (χ3v) is 4.89. The summed E-state index contributed by atoms with van der Waals surface area (Å²) in [5.74, 6) is 0.640. The minimum absolute atomic E-state index is 0.00447. The molecule has 1 fully saturated rings. The van der Waals surface area contributed by atoms with Gasteiger partial charge in [-0.05, 0) is 56.5 Å². The number of hydrogen-bond acceptors (Lipinski definition) is 4. The van der Waals surface area contributed by atoms with Gasteiger partial charge in [0.05, 0.1) is 0 Å². The van der Waals surface area contributed by atoms with Gasteiger partial charge in [0.1, 0.15) is 17.2 Å². The quantitative estimate of drug-likeness (QED) is 0.274. The van der Waals surface area contributed by atoms with E-state index < -0.39 is 11.9 Å². The second kappa shape index (κ2) is 9.43. The molecule has 1 aliphatic rings. The molecule has 0 radical (unpaired) electrons. The molecule has 1 saturated heterocycles. The van der Waals surface area contributed by atoms with Gasteiger partial charge in [-0.1, -0.05) is 38.1 Å². The van der Waals surface area contributed by atoms with Gasteiger partial charge in [-0.2, -0.15) is 0 Å². The maximum Gasteiger partial charge on any atom is 0.333 e. The SMILES string of the molecule is CC/C=C\C(=C/CC)N1C(=O)N/C(=C/c2ccc(-c3ccc(C(C)=O)cc3C)o2)C1=O. The van der Waals surface area contributed by atoms with Crippen LogP contribution in [-0.4, -0.2) is 22.6 Å². The largest absolute Gasteiger partial charge is 0.457 e. The molecule has 0 aliphatic carbocycles. The predicted octanol–water partition coefficient (Wildman–Crippen LogP) is 5.61. The van der Waals surface area contributed by atoms with E-state index in [2.05, 4.69) is 5.32 Å². The molecule has 6 heteroatoms. The Balaban J connectivity index is 1.87. The highest BCUT2D eigenvalue weighted by atomic mass is 16.3. The predicted molar refractivity (Wildman–Crippen MR) is 120 cm³/mol. The van der Waals surface area contributed by atoms with Crippen LogP contribution in [-0.2, 0) is 4.79 Å². The van der Waals surface area contributed by atoms with Crippen LogP contribution < -0.4 is 5.32 Å². The number of allylic oxidation sites excluding steroid dienone is 3. The second-order valence-electron chi connectivity index (χ2n) is 7.26. The van der Waals surface area contributed by atoms with Crippen molar-refractivity contribution in [3.8, 4) is 11.3 Å². The standard InChI is InChI=1S/C25H26N2O4/c1-5-7-9-19(8-6-2)27-24(29)22(26-25(27)30)15-20-11-13-23(31-20)21-12-10-18(17(4)28)14-16(21)3/h7-15H,5-6H2,1-4H3,(H,26,30)/b9-7-,19-8+,22-15+. The summed E-state index contributed by atoms with van der Waals surface area (Å²) < 4.78 is 5.89. The number of Topliss-reactive ketones (excluding diaryl/α,β-unsaturated/α-hetero) is 1. The Morgan fingerprint density at radius 2 is 1.90 bits per heavy atom. The van der Waals surface area contributed by atoms with Gasteiger partial charge in [0.25, 0.3) is 5.91 Å². The van der Waals surface area contributed by atoms with E-state index in [1.54, 1.807) is 24.3 Å². The fourth-order valence-electron chi connectivity index (χ4n) is 3.33. The van der Waals surface area contributed by atoms with Crippen LogP contribution in [0.15, 0.2) is 64.4 Å². The molecule has 31 heavy (non-hydrogen) atoms. The van der Waals surface area contributed by atoms with Gasteiger partial charge in [0.15, 0.2) is 5.78 Å². The first-order valence-electron chi connectivity index (χ1n) is 10.3. The number of hydrogen-bond donors (Lipinski definition) is 1. The summed E-state index contributed by atoms with van der Waals surface area (Å²) in [6, 6.07) is 8.47. The van der Waals surface area contributed by atoms with E-state index in [1.807, 2.05) is 45.1 Å². The number of aryl methyl sites for hydroxylation is 1. The van der Waals surface area contributed by atoms with E-state index in [0.717, 1.165) is 22.4 Å². The number of carbonyl (C=O) groups excluding carboxylic acids is 3. The van der Waals surface area contributed by atoms with Gasteiger partial charge in [0.2, 0.25) is 0 Å². The summed E-state index contributed by atoms with van der Waals surface area (Å²) in [5, 5.41) is 2.62. The maximum atomic E-state index is 12.9. The summed E-state index contributed by atoms with van der Waals surface area (Å²) in [5.41, 5.74) is 3.12. The number of imide groups is 1. The van der Waals surface area contributed by atoms with Crippen LogP contribution in [0, 0.1) is 6.92 Å². The average molecular weight is 418 g/mol. The van der Waals surface area contributed by atoms with Crippen molar-refractivity contribution in [3.63, 3.8) is 0 Å². The van der Waals surface area contributed by atoms with Crippen molar-refractivity contribution >= 4 is 23.8 Å². The Bertz CT molecular complexity index is 1120. The summed E-state index contributed by atoms with van der Waals surface area (Å²) in [4.78, 5) is 38.0. The average Bonchev–Trinajstić information content (AvgIpc) is 3.29. The molecule has 1 N–H and O–H groups in total. The maximum absolute atomic E-state index is 12.9. The number of amides is 3. The number of urea groups is 1. The number of carbonyl (C=O) groups is 3. The van der Waals surface area contributed by atoms with E-state index in [-0.39, 0.29) is 11.5 Å². The summed E-state index contributed by atoms with van der Waals surface area (Å²) >= 11 is 0. The lowest BCUT2D eigenvalue weighted by molar-refractivity contribution is -0.121. The third-order valence-electron chi connectivity index (χ3n) is 4.89.